The van der Waals surface area contributed by atoms with Crippen LogP contribution in [0, 0.1) is 11.6 Å². The summed E-state index contributed by atoms with van der Waals surface area (Å²) in [5.74, 6) is -1.57. The highest BCUT2D eigenvalue weighted by Gasteiger charge is 2.03. The Morgan fingerprint density at radius 1 is 1.19 bits per heavy atom. The van der Waals surface area contributed by atoms with E-state index in [0.29, 0.717) is 6.54 Å². The number of hydrogen-bond acceptors (Lipinski definition) is 2. The van der Waals surface area contributed by atoms with Gasteiger partial charge in [0.2, 0.25) is 0 Å². The van der Waals surface area contributed by atoms with Crippen molar-refractivity contribution in [2.24, 2.45) is 5.73 Å². The van der Waals surface area contributed by atoms with Gasteiger partial charge in [-0.15, -0.1) is 0 Å². The maximum atomic E-state index is 12.9. The van der Waals surface area contributed by atoms with Crippen LogP contribution in [0.5, 0.6) is 0 Å². The van der Waals surface area contributed by atoms with Crippen molar-refractivity contribution in [1.29, 1.82) is 0 Å². The quantitative estimate of drug-likeness (QED) is 0.804. The summed E-state index contributed by atoms with van der Waals surface area (Å²) in [5, 5.41) is 0. The molecule has 0 fully saturated rings. The van der Waals surface area contributed by atoms with Crippen LogP contribution in [0.2, 0.25) is 0 Å². The van der Waals surface area contributed by atoms with Gasteiger partial charge in [0.25, 0.3) is 0 Å². The maximum Gasteiger partial charge on any atom is 0.159 e. The van der Waals surface area contributed by atoms with E-state index in [0.717, 1.165) is 31.5 Å². The third-order valence-electron chi connectivity index (χ3n) is 2.51. The van der Waals surface area contributed by atoms with Crippen molar-refractivity contribution in [2.75, 3.05) is 26.7 Å². The maximum absolute atomic E-state index is 12.9. The summed E-state index contributed by atoms with van der Waals surface area (Å²) in [6.45, 7) is 2.43. The molecule has 0 aliphatic rings. The summed E-state index contributed by atoms with van der Waals surface area (Å²) in [5.41, 5.74) is 6.22. The molecule has 2 N–H and O–H groups in total. The lowest BCUT2D eigenvalue weighted by molar-refractivity contribution is 0.335. The molecule has 0 aromatic heterocycles. The van der Waals surface area contributed by atoms with Crippen LogP contribution in [-0.2, 0) is 6.42 Å². The zero-order chi connectivity index (χ0) is 12.0. The van der Waals surface area contributed by atoms with Gasteiger partial charge in [0, 0.05) is 6.54 Å². The van der Waals surface area contributed by atoms with Crippen LogP contribution in [-0.4, -0.2) is 31.6 Å². The SMILES string of the molecule is CN(CCCN)CCc1ccc(F)c(F)c1. The Morgan fingerprint density at radius 3 is 2.56 bits per heavy atom. The first-order chi connectivity index (χ1) is 7.63. The van der Waals surface area contributed by atoms with E-state index < -0.39 is 11.6 Å². The monoisotopic (exact) mass is 228 g/mol. The second kappa shape index (κ2) is 6.55. The molecule has 0 unspecified atom stereocenters. The van der Waals surface area contributed by atoms with E-state index in [1.54, 1.807) is 6.07 Å². The molecular formula is C12H18F2N2. The number of rotatable bonds is 6. The third-order valence-corrected chi connectivity index (χ3v) is 2.51. The Hall–Kier alpha value is -1.00. The molecule has 16 heavy (non-hydrogen) atoms. The summed E-state index contributed by atoms with van der Waals surface area (Å²) in [4.78, 5) is 2.13. The van der Waals surface area contributed by atoms with E-state index in [2.05, 4.69) is 4.90 Å². The molecule has 0 atom stereocenters. The van der Waals surface area contributed by atoms with Gasteiger partial charge in [-0.3, -0.25) is 0 Å². The molecule has 0 spiro atoms. The second-order valence-corrected chi connectivity index (χ2v) is 3.94. The van der Waals surface area contributed by atoms with Crippen molar-refractivity contribution in [3.63, 3.8) is 0 Å². The lowest BCUT2D eigenvalue weighted by Gasteiger charge is -2.15. The van der Waals surface area contributed by atoms with E-state index in [4.69, 9.17) is 5.73 Å². The van der Waals surface area contributed by atoms with Crippen LogP contribution in [0.15, 0.2) is 18.2 Å². The molecule has 0 amide bonds. The third kappa shape index (κ3) is 4.24. The van der Waals surface area contributed by atoms with Gasteiger partial charge in [0.1, 0.15) is 0 Å². The molecule has 4 heteroatoms. The fourth-order valence-corrected chi connectivity index (χ4v) is 1.49. The summed E-state index contributed by atoms with van der Waals surface area (Å²) in [6.07, 6.45) is 1.67. The highest BCUT2D eigenvalue weighted by atomic mass is 19.2. The van der Waals surface area contributed by atoms with Gasteiger partial charge >= 0.3 is 0 Å². The van der Waals surface area contributed by atoms with Crippen molar-refractivity contribution in [3.05, 3.63) is 35.4 Å². The smallest absolute Gasteiger partial charge is 0.159 e. The molecule has 2 nitrogen and oxygen atoms in total. The minimum Gasteiger partial charge on any atom is -0.330 e. The minimum atomic E-state index is -0.791. The lowest BCUT2D eigenvalue weighted by atomic mass is 10.1. The van der Waals surface area contributed by atoms with Crippen LogP contribution < -0.4 is 5.73 Å². The van der Waals surface area contributed by atoms with Crippen molar-refractivity contribution in [2.45, 2.75) is 12.8 Å². The minimum absolute atomic E-state index is 0.676. The topological polar surface area (TPSA) is 29.3 Å². The van der Waals surface area contributed by atoms with Gasteiger partial charge in [-0.05, 0) is 50.7 Å². The van der Waals surface area contributed by atoms with Gasteiger partial charge in [-0.1, -0.05) is 6.07 Å². The van der Waals surface area contributed by atoms with E-state index >= 15 is 0 Å². The highest BCUT2D eigenvalue weighted by molar-refractivity contribution is 5.18. The number of hydrogen-bond donors (Lipinski definition) is 1. The Labute approximate surface area is 95.1 Å². The first kappa shape index (κ1) is 13.1. The summed E-state index contributed by atoms with van der Waals surface area (Å²) < 4.78 is 25.6. The van der Waals surface area contributed by atoms with Crippen LogP contribution in [0.4, 0.5) is 8.78 Å². The molecule has 0 aliphatic heterocycles. The molecule has 1 aromatic carbocycles. The van der Waals surface area contributed by atoms with Gasteiger partial charge in [0.15, 0.2) is 11.6 Å². The lowest BCUT2D eigenvalue weighted by Crippen LogP contribution is -2.24. The second-order valence-electron chi connectivity index (χ2n) is 3.94. The van der Waals surface area contributed by atoms with E-state index in [9.17, 15) is 8.78 Å². The van der Waals surface area contributed by atoms with Crippen LogP contribution in [0.1, 0.15) is 12.0 Å². The van der Waals surface area contributed by atoms with Crippen molar-refractivity contribution >= 4 is 0 Å². The predicted octanol–water partition coefficient (Wildman–Crippen LogP) is 1.79. The largest absolute Gasteiger partial charge is 0.330 e. The average molecular weight is 228 g/mol. The molecule has 0 radical (unpaired) electrons. The molecule has 0 aliphatic carbocycles. The first-order valence-electron chi connectivity index (χ1n) is 5.46. The van der Waals surface area contributed by atoms with E-state index in [1.807, 2.05) is 7.05 Å². The number of nitrogens with two attached hydrogens (primary N) is 1. The van der Waals surface area contributed by atoms with Crippen molar-refractivity contribution < 1.29 is 8.78 Å². The fraction of sp³-hybridized carbons (Fsp3) is 0.500. The van der Waals surface area contributed by atoms with Gasteiger partial charge < -0.3 is 10.6 Å². The molecular weight excluding hydrogens is 210 g/mol. The summed E-state index contributed by atoms with van der Waals surface area (Å²) >= 11 is 0. The molecule has 0 bridgehead atoms. The molecule has 0 saturated heterocycles. The Bertz CT molecular complexity index is 329. The zero-order valence-corrected chi connectivity index (χ0v) is 9.55. The van der Waals surface area contributed by atoms with Gasteiger partial charge in [-0.2, -0.15) is 0 Å². The number of benzene rings is 1. The highest BCUT2D eigenvalue weighted by Crippen LogP contribution is 2.09. The van der Waals surface area contributed by atoms with Crippen LogP contribution >= 0.6 is 0 Å². The number of halogens is 2. The first-order valence-corrected chi connectivity index (χ1v) is 5.46. The summed E-state index contributed by atoms with van der Waals surface area (Å²) in [7, 11) is 2.00. The van der Waals surface area contributed by atoms with E-state index in [1.165, 1.54) is 12.1 Å². The van der Waals surface area contributed by atoms with E-state index in [-0.39, 0.29) is 0 Å². The van der Waals surface area contributed by atoms with Gasteiger partial charge in [-0.25, -0.2) is 8.78 Å². The molecule has 0 heterocycles. The summed E-state index contributed by atoms with van der Waals surface area (Å²) in [6, 6.07) is 4.05. The fourth-order valence-electron chi connectivity index (χ4n) is 1.49. The molecule has 1 rings (SSSR count). The number of nitrogens with zero attached hydrogens (tertiary/aromatic N) is 1. The van der Waals surface area contributed by atoms with Crippen LogP contribution in [0.25, 0.3) is 0 Å². The van der Waals surface area contributed by atoms with Crippen molar-refractivity contribution in [1.82, 2.24) is 4.90 Å². The number of likely N-dealkylation sites (N-methyl/N-ethyl adjacent to an activating group) is 1. The average Bonchev–Trinajstić information content (AvgIpc) is 2.28. The Balaban J connectivity index is 2.39. The molecule has 0 saturated carbocycles. The Kier molecular flexibility index (Phi) is 5.35. The molecule has 1 aromatic rings. The molecule has 90 valence electrons. The van der Waals surface area contributed by atoms with Gasteiger partial charge in [0.05, 0.1) is 0 Å². The normalized spacial score (nSPS) is 11.1. The Morgan fingerprint density at radius 2 is 1.94 bits per heavy atom. The predicted molar refractivity (Wildman–Crippen MR) is 61.2 cm³/mol. The standard InChI is InChI=1S/C12H18F2N2/c1-16(7-2-6-15)8-5-10-3-4-11(13)12(14)9-10/h3-4,9H,2,5-8,15H2,1H3. The van der Waals surface area contributed by atoms with Crippen LogP contribution in [0.3, 0.4) is 0 Å². The van der Waals surface area contributed by atoms with Crippen molar-refractivity contribution in [3.8, 4) is 0 Å². The zero-order valence-electron chi connectivity index (χ0n) is 9.55.